The lowest BCUT2D eigenvalue weighted by Crippen LogP contribution is -2.39. The van der Waals surface area contributed by atoms with Gasteiger partial charge in [-0.1, -0.05) is 0 Å². The van der Waals surface area contributed by atoms with Crippen molar-refractivity contribution in [2.75, 3.05) is 24.6 Å². The third kappa shape index (κ3) is 4.23. The molecule has 9 nitrogen and oxygen atoms in total. The Morgan fingerprint density at radius 2 is 1.83 bits per heavy atom. The van der Waals surface area contributed by atoms with E-state index in [4.69, 9.17) is 0 Å². The second-order valence-electron chi connectivity index (χ2n) is 7.65. The van der Waals surface area contributed by atoms with Gasteiger partial charge in [0.1, 0.15) is 11.0 Å². The molecule has 3 aliphatic heterocycles. The summed E-state index contributed by atoms with van der Waals surface area (Å²) in [6.45, 7) is 2.28. The summed E-state index contributed by atoms with van der Waals surface area (Å²) < 4.78 is 49.1. The van der Waals surface area contributed by atoms with E-state index in [9.17, 15) is 31.7 Å². The molecule has 1 N–H and O–H groups in total. The van der Waals surface area contributed by atoms with Gasteiger partial charge in [0.05, 0.1) is 17.1 Å². The van der Waals surface area contributed by atoms with E-state index in [-0.39, 0.29) is 29.1 Å². The normalized spacial score (nSPS) is 25.8. The Hall–Kier alpha value is -2.19. The number of nitriles is 1. The Kier molecular flexibility index (Phi) is 5.87. The molecule has 3 rings (SSSR count). The highest BCUT2D eigenvalue weighted by Gasteiger charge is 2.43. The molecule has 0 bridgehead atoms. The summed E-state index contributed by atoms with van der Waals surface area (Å²) in [5.41, 5.74) is -0.223. The second-order valence-corrected chi connectivity index (χ2v) is 11.7. The molecule has 0 spiro atoms. The first-order valence-electron chi connectivity index (χ1n) is 9.47. The summed E-state index contributed by atoms with van der Waals surface area (Å²) in [5.74, 6) is -1.84. The minimum Gasteiger partial charge on any atom is -0.338 e. The number of carbonyl (C=O) groups is 2. The molecular formula is C18H23N3O6S2. The molecule has 11 heteroatoms. The predicted octanol–water partition coefficient (Wildman–Crippen LogP) is 0.377. The van der Waals surface area contributed by atoms with Crippen molar-refractivity contribution in [2.24, 2.45) is 5.92 Å². The molecular weight excluding hydrogens is 418 g/mol. The molecule has 2 fully saturated rings. The molecule has 2 amide bonds. The zero-order chi connectivity index (χ0) is 21.4. The predicted molar refractivity (Wildman–Crippen MR) is 104 cm³/mol. The number of amides is 2. The smallest absolute Gasteiger partial charge is 0.266 e. The summed E-state index contributed by atoms with van der Waals surface area (Å²) in [4.78, 5) is 26.2. The molecule has 2 saturated heterocycles. The van der Waals surface area contributed by atoms with E-state index in [1.807, 2.05) is 0 Å². The van der Waals surface area contributed by atoms with Crippen LogP contribution in [0, 0.1) is 17.2 Å². The Bertz CT molecular complexity index is 1060. The molecule has 0 aromatic carbocycles. The largest absolute Gasteiger partial charge is 0.338 e. The summed E-state index contributed by atoms with van der Waals surface area (Å²) in [5, 5.41) is 11.1. The van der Waals surface area contributed by atoms with Gasteiger partial charge >= 0.3 is 0 Å². The zero-order valence-electron chi connectivity index (χ0n) is 16.1. The van der Waals surface area contributed by atoms with Crippen molar-refractivity contribution in [2.45, 2.75) is 39.0 Å². The molecule has 3 heterocycles. The van der Waals surface area contributed by atoms with Crippen LogP contribution in [0.2, 0.25) is 0 Å². The van der Waals surface area contributed by atoms with Crippen molar-refractivity contribution in [3.63, 3.8) is 0 Å². The number of allylic oxidation sites excluding steroid dienone is 2. The fourth-order valence-electron chi connectivity index (χ4n) is 3.97. The molecule has 29 heavy (non-hydrogen) atoms. The topological polar surface area (TPSA) is 141 Å². The first kappa shape index (κ1) is 21.5. The van der Waals surface area contributed by atoms with E-state index in [0.29, 0.717) is 19.5 Å². The number of piperidine rings is 1. The van der Waals surface area contributed by atoms with Crippen LogP contribution in [-0.2, 0) is 29.3 Å². The van der Waals surface area contributed by atoms with Crippen molar-refractivity contribution < 1.29 is 26.4 Å². The Morgan fingerprint density at radius 3 is 2.38 bits per heavy atom. The number of nitrogens with zero attached hydrogens (tertiary/aromatic N) is 2. The number of sulfone groups is 2. The average molecular weight is 442 g/mol. The lowest BCUT2D eigenvalue weighted by molar-refractivity contribution is -0.127. The second kappa shape index (κ2) is 7.91. The summed E-state index contributed by atoms with van der Waals surface area (Å²) in [6, 6.07) is 1.78. The molecule has 158 valence electrons. The maximum atomic E-state index is 13.0. The summed E-state index contributed by atoms with van der Waals surface area (Å²) in [6.07, 6.45) is 2.71. The molecule has 3 aliphatic rings. The van der Waals surface area contributed by atoms with E-state index >= 15 is 0 Å². The van der Waals surface area contributed by atoms with Gasteiger partial charge in [-0.25, -0.2) is 16.8 Å². The Morgan fingerprint density at radius 1 is 1.17 bits per heavy atom. The minimum atomic E-state index is -4.34. The molecule has 0 aliphatic carbocycles. The summed E-state index contributed by atoms with van der Waals surface area (Å²) in [7, 11) is -7.51. The van der Waals surface area contributed by atoms with Gasteiger partial charge < -0.3 is 10.2 Å². The summed E-state index contributed by atoms with van der Waals surface area (Å²) >= 11 is 0. The van der Waals surface area contributed by atoms with Crippen LogP contribution in [0.3, 0.4) is 0 Å². The van der Waals surface area contributed by atoms with Crippen LogP contribution in [0.5, 0.6) is 0 Å². The Balaban J connectivity index is 1.81. The molecule has 0 radical (unpaired) electrons. The number of hydrogen-bond donors (Lipinski definition) is 1. The van der Waals surface area contributed by atoms with Crippen LogP contribution in [0.1, 0.15) is 39.0 Å². The van der Waals surface area contributed by atoms with Gasteiger partial charge in [0.15, 0.2) is 14.9 Å². The van der Waals surface area contributed by atoms with Crippen molar-refractivity contribution in [3.05, 3.63) is 21.1 Å². The van der Waals surface area contributed by atoms with E-state index in [0.717, 1.165) is 19.3 Å². The number of likely N-dealkylation sites (tertiary alicyclic amines) is 1. The van der Waals surface area contributed by atoms with Crippen LogP contribution in [0.25, 0.3) is 0 Å². The third-order valence-corrected chi connectivity index (χ3v) is 9.18. The van der Waals surface area contributed by atoms with Gasteiger partial charge in [0.2, 0.25) is 15.7 Å². The fourth-order valence-corrected chi connectivity index (χ4v) is 7.62. The standard InChI is InChI=1S/C18H23N3O6S2/c1-12-14(10-19)17(20-15(22)9-13-5-8-28(24,25)11-13)29(26,27)16(12)18(23)21-6-3-2-4-7-21/h13H,2-9,11H2,1H3,(H,20,22). The Labute approximate surface area is 170 Å². The fraction of sp³-hybridized carbons (Fsp3) is 0.611. The van der Waals surface area contributed by atoms with Gasteiger partial charge in [-0.05, 0) is 44.1 Å². The van der Waals surface area contributed by atoms with E-state index in [1.54, 1.807) is 6.07 Å². The maximum Gasteiger partial charge on any atom is 0.266 e. The zero-order valence-corrected chi connectivity index (χ0v) is 17.7. The van der Waals surface area contributed by atoms with E-state index < -0.39 is 47.3 Å². The van der Waals surface area contributed by atoms with Crippen LogP contribution in [0.4, 0.5) is 0 Å². The number of nitrogens with one attached hydrogen (secondary N) is 1. The lowest BCUT2D eigenvalue weighted by Gasteiger charge is -2.27. The number of rotatable bonds is 4. The van der Waals surface area contributed by atoms with Gasteiger partial charge in [-0.3, -0.25) is 9.59 Å². The van der Waals surface area contributed by atoms with Gasteiger partial charge in [-0.2, -0.15) is 5.26 Å². The average Bonchev–Trinajstić information content (AvgIpc) is 3.08. The van der Waals surface area contributed by atoms with Crippen molar-refractivity contribution >= 4 is 31.5 Å². The highest BCUT2D eigenvalue weighted by atomic mass is 32.2. The highest BCUT2D eigenvalue weighted by Crippen LogP contribution is 2.36. The monoisotopic (exact) mass is 441 g/mol. The van der Waals surface area contributed by atoms with Gasteiger partial charge in [0, 0.05) is 19.5 Å². The molecule has 0 aromatic rings. The van der Waals surface area contributed by atoms with E-state index in [2.05, 4.69) is 5.32 Å². The van der Waals surface area contributed by atoms with Crippen LogP contribution >= 0.6 is 0 Å². The number of carbonyl (C=O) groups excluding carboxylic acids is 2. The highest BCUT2D eigenvalue weighted by molar-refractivity contribution is 8.00. The van der Waals surface area contributed by atoms with Crippen LogP contribution in [-0.4, -0.2) is 58.1 Å². The maximum absolute atomic E-state index is 13.0. The number of hydrogen-bond acceptors (Lipinski definition) is 7. The van der Waals surface area contributed by atoms with Crippen molar-refractivity contribution in [1.29, 1.82) is 5.26 Å². The first-order valence-corrected chi connectivity index (χ1v) is 12.8. The molecule has 0 saturated carbocycles. The van der Waals surface area contributed by atoms with E-state index in [1.165, 1.54) is 11.8 Å². The van der Waals surface area contributed by atoms with Crippen LogP contribution in [0.15, 0.2) is 21.1 Å². The van der Waals surface area contributed by atoms with Crippen molar-refractivity contribution in [3.8, 4) is 6.07 Å². The van der Waals surface area contributed by atoms with Gasteiger partial charge in [0.25, 0.3) is 5.91 Å². The quantitative estimate of drug-likeness (QED) is 0.664. The molecule has 1 unspecified atom stereocenters. The van der Waals surface area contributed by atoms with Gasteiger partial charge in [-0.15, -0.1) is 0 Å². The third-order valence-electron chi connectivity index (χ3n) is 5.48. The molecule has 0 aromatic heterocycles. The molecule has 1 atom stereocenters. The minimum absolute atomic E-state index is 0.00450. The van der Waals surface area contributed by atoms with Crippen LogP contribution < -0.4 is 5.32 Å². The van der Waals surface area contributed by atoms with Crippen molar-refractivity contribution in [1.82, 2.24) is 10.2 Å². The SMILES string of the molecule is CC1=C(C(=O)N2CCCCC2)S(=O)(=O)C(NC(=O)CC2CCS(=O)(=O)C2)=C1C#N. The first-order chi connectivity index (χ1) is 13.6. The lowest BCUT2D eigenvalue weighted by atomic mass is 10.0.